The van der Waals surface area contributed by atoms with Crippen molar-refractivity contribution in [2.45, 2.75) is 12.8 Å². The molecule has 0 aliphatic heterocycles. The number of benzene rings is 3. The minimum Gasteiger partial charge on any atom is -0.385 e. The van der Waals surface area contributed by atoms with Crippen LogP contribution in [0.2, 0.25) is 0 Å². The van der Waals surface area contributed by atoms with Gasteiger partial charge in [0.05, 0.1) is 5.56 Å². The second kappa shape index (κ2) is 9.63. The van der Waals surface area contributed by atoms with Crippen LogP contribution in [-0.2, 0) is 11.2 Å². The molecule has 0 aliphatic carbocycles. The van der Waals surface area contributed by atoms with Crippen molar-refractivity contribution in [2.24, 2.45) is 0 Å². The summed E-state index contributed by atoms with van der Waals surface area (Å²) in [7, 11) is 1.64. The van der Waals surface area contributed by atoms with Crippen molar-refractivity contribution in [3.8, 4) is 23.2 Å². The van der Waals surface area contributed by atoms with Gasteiger partial charge in [0, 0.05) is 37.2 Å². The maximum absolute atomic E-state index is 14.6. The van der Waals surface area contributed by atoms with Crippen LogP contribution in [0, 0.1) is 29.3 Å². The fourth-order valence-corrected chi connectivity index (χ4v) is 3.30. The topological polar surface area (TPSA) is 35.0 Å². The highest BCUT2D eigenvalue weighted by atomic mass is 19.1. The lowest BCUT2D eigenvalue weighted by molar-refractivity contribution is 0.195. The summed E-state index contributed by atoms with van der Waals surface area (Å²) in [4.78, 5) is 8.44. The summed E-state index contributed by atoms with van der Waals surface area (Å²) in [6.45, 7) is 0.637. The normalized spacial score (nSPS) is 10.8. The Morgan fingerprint density at radius 3 is 2.25 bits per heavy atom. The van der Waals surface area contributed by atoms with E-state index in [2.05, 4.69) is 21.8 Å². The first-order chi connectivity index (χ1) is 15.5. The first-order valence-corrected chi connectivity index (χ1v) is 10.0. The number of hydrogen-bond acceptors (Lipinski definition) is 3. The summed E-state index contributed by atoms with van der Waals surface area (Å²) in [6, 6.07) is 11.9. The highest BCUT2D eigenvalue weighted by Crippen LogP contribution is 2.22. The van der Waals surface area contributed by atoms with Gasteiger partial charge in [0.2, 0.25) is 0 Å². The van der Waals surface area contributed by atoms with E-state index < -0.39 is 11.6 Å². The van der Waals surface area contributed by atoms with E-state index in [-0.39, 0.29) is 22.8 Å². The number of ether oxygens (including phenoxy) is 1. The maximum Gasteiger partial charge on any atom is 0.159 e. The van der Waals surface area contributed by atoms with Gasteiger partial charge < -0.3 is 4.74 Å². The van der Waals surface area contributed by atoms with Crippen molar-refractivity contribution in [2.75, 3.05) is 13.7 Å². The SMILES string of the molecule is COCCCc1cnc(-c2cc(F)c(C#Cc3ccc4cc(F)ccc4c3)c(F)c2)nc1. The van der Waals surface area contributed by atoms with Gasteiger partial charge in [-0.2, -0.15) is 0 Å². The Morgan fingerprint density at radius 1 is 0.844 bits per heavy atom. The van der Waals surface area contributed by atoms with E-state index in [1.54, 1.807) is 43.8 Å². The van der Waals surface area contributed by atoms with Crippen LogP contribution in [-0.4, -0.2) is 23.7 Å². The molecule has 160 valence electrons. The van der Waals surface area contributed by atoms with Crippen molar-refractivity contribution < 1.29 is 17.9 Å². The molecule has 0 spiro atoms. The molecule has 0 unspecified atom stereocenters. The molecule has 4 aromatic rings. The fraction of sp³-hybridized carbons (Fsp3) is 0.154. The fourth-order valence-electron chi connectivity index (χ4n) is 3.30. The van der Waals surface area contributed by atoms with Gasteiger partial charge in [-0.3, -0.25) is 0 Å². The van der Waals surface area contributed by atoms with E-state index in [1.807, 2.05) is 0 Å². The molecular formula is C26H19F3N2O. The molecule has 3 nitrogen and oxygen atoms in total. The molecule has 0 saturated carbocycles. The number of methoxy groups -OCH3 is 1. The van der Waals surface area contributed by atoms with Crippen LogP contribution in [0.1, 0.15) is 23.1 Å². The molecule has 1 aromatic heterocycles. The number of halogens is 3. The maximum atomic E-state index is 14.6. The molecule has 3 aromatic carbocycles. The third-order valence-corrected chi connectivity index (χ3v) is 4.95. The Kier molecular flexibility index (Phi) is 6.48. The predicted octanol–water partition coefficient (Wildman–Crippen LogP) is 5.69. The summed E-state index contributed by atoms with van der Waals surface area (Å²) < 4.78 is 47.6. The largest absolute Gasteiger partial charge is 0.385 e. The van der Waals surface area contributed by atoms with Gasteiger partial charge in [0.25, 0.3) is 0 Å². The summed E-state index contributed by atoms with van der Waals surface area (Å²) in [5, 5.41) is 1.51. The predicted molar refractivity (Wildman–Crippen MR) is 117 cm³/mol. The zero-order valence-electron chi connectivity index (χ0n) is 17.3. The molecule has 6 heteroatoms. The van der Waals surface area contributed by atoms with Crippen LogP contribution in [0.5, 0.6) is 0 Å². The molecule has 0 N–H and O–H groups in total. The van der Waals surface area contributed by atoms with Crippen LogP contribution in [0.3, 0.4) is 0 Å². The Bertz CT molecular complexity index is 1300. The monoisotopic (exact) mass is 432 g/mol. The van der Waals surface area contributed by atoms with Gasteiger partial charge in [-0.15, -0.1) is 0 Å². The molecule has 0 fully saturated rings. The number of rotatable bonds is 5. The van der Waals surface area contributed by atoms with Gasteiger partial charge in [-0.1, -0.05) is 24.0 Å². The lowest BCUT2D eigenvalue weighted by atomic mass is 10.1. The van der Waals surface area contributed by atoms with E-state index in [0.29, 0.717) is 12.2 Å². The van der Waals surface area contributed by atoms with Gasteiger partial charge in [0.15, 0.2) is 5.82 Å². The second-order valence-electron chi connectivity index (χ2n) is 7.28. The van der Waals surface area contributed by atoms with Crippen molar-refractivity contribution in [3.63, 3.8) is 0 Å². The van der Waals surface area contributed by atoms with Crippen molar-refractivity contribution in [1.82, 2.24) is 9.97 Å². The summed E-state index contributed by atoms with van der Waals surface area (Å²) in [5.74, 6) is 3.67. The van der Waals surface area contributed by atoms with E-state index >= 15 is 0 Å². The first kappa shape index (κ1) is 21.5. The molecule has 32 heavy (non-hydrogen) atoms. The van der Waals surface area contributed by atoms with Crippen LogP contribution in [0.25, 0.3) is 22.2 Å². The molecule has 0 aliphatic rings. The first-order valence-electron chi connectivity index (χ1n) is 10.0. The van der Waals surface area contributed by atoms with Crippen molar-refractivity contribution in [1.29, 1.82) is 0 Å². The van der Waals surface area contributed by atoms with Crippen LogP contribution >= 0.6 is 0 Å². The quantitative estimate of drug-likeness (QED) is 0.300. The summed E-state index contributed by atoms with van der Waals surface area (Å²) in [6.07, 6.45) is 4.89. The minimum absolute atomic E-state index is 0.236. The number of nitrogens with zero attached hydrogens (tertiary/aromatic N) is 2. The number of fused-ring (bicyclic) bond motifs is 1. The van der Waals surface area contributed by atoms with Gasteiger partial charge in [-0.25, -0.2) is 23.1 Å². The Hall–Kier alpha value is -3.69. The minimum atomic E-state index is -0.789. The second-order valence-corrected chi connectivity index (χ2v) is 7.28. The Balaban J connectivity index is 1.57. The van der Waals surface area contributed by atoms with E-state index in [9.17, 15) is 13.2 Å². The molecule has 0 atom stereocenters. The molecule has 1 heterocycles. The molecule has 0 bridgehead atoms. The third-order valence-electron chi connectivity index (χ3n) is 4.95. The van der Waals surface area contributed by atoms with Crippen LogP contribution in [0.15, 0.2) is 60.9 Å². The average Bonchev–Trinajstić information content (AvgIpc) is 2.79. The van der Waals surface area contributed by atoms with Crippen molar-refractivity contribution >= 4 is 10.8 Å². The molecule has 0 saturated heterocycles. The van der Waals surface area contributed by atoms with E-state index in [4.69, 9.17) is 4.74 Å². The smallest absolute Gasteiger partial charge is 0.159 e. The third kappa shape index (κ3) is 4.96. The zero-order chi connectivity index (χ0) is 22.5. The number of aromatic nitrogens is 2. The molecule has 0 radical (unpaired) electrons. The van der Waals surface area contributed by atoms with E-state index in [0.717, 1.165) is 29.2 Å². The van der Waals surface area contributed by atoms with Crippen LogP contribution in [0.4, 0.5) is 13.2 Å². The van der Waals surface area contributed by atoms with Gasteiger partial charge in [-0.05, 0) is 65.6 Å². The lowest BCUT2D eigenvalue weighted by Gasteiger charge is -2.05. The van der Waals surface area contributed by atoms with E-state index in [1.165, 1.54) is 24.3 Å². The standard InChI is InChI=1S/C26H19F3N2O/c1-32-10-2-3-18-15-30-26(31-16-18)21-13-24(28)23(25(29)14-21)9-5-17-4-6-20-12-22(27)8-7-19(20)11-17/h4,6-8,11-16H,2-3,10H2,1H3. The molecular weight excluding hydrogens is 413 g/mol. The summed E-state index contributed by atoms with van der Waals surface area (Å²) in [5.41, 5.74) is 1.40. The highest BCUT2D eigenvalue weighted by molar-refractivity contribution is 5.84. The number of aryl methyl sites for hydroxylation is 1. The highest BCUT2D eigenvalue weighted by Gasteiger charge is 2.12. The Morgan fingerprint density at radius 2 is 1.53 bits per heavy atom. The summed E-state index contributed by atoms with van der Waals surface area (Å²) >= 11 is 0. The zero-order valence-corrected chi connectivity index (χ0v) is 17.3. The Labute approximate surface area is 183 Å². The number of hydrogen-bond donors (Lipinski definition) is 0. The molecule has 0 amide bonds. The lowest BCUT2D eigenvalue weighted by Crippen LogP contribution is -1.98. The van der Waals surface area contributed by atoms with Gasteiger partial charge >= 0.3 is 0 Å². The van der Waals surface area contributed by atoms with Gasteiger partial charge in [0.1, 0.15) is 17.5 Å². The van der Waals surface area contributed by atoms with Crippen LogP contribution < -0.4 is 0 Å². The average molecular weight is 432 g/mol. The van der Waals surface area contributed by atoms with Crippen molar-refractivity contribution in [3.05, 3.63) is 95.1 Å². The molecule has 4 rings (SSSR count).